The van der Waals surface area contributed by atoms with Gasteiger partial charge >= 0.3 is 6.18 Å². The van der Waals surface area contributed by atoms with E-state index in [-0.39, 0.29) is 11.4 Å². The highest BCUT2D eigenvalue weighted by Gasteiger charge is 2.30. The molecule has 4 aromatic carbocycles. The molecule has 0 aliphatic rings. The molecule has 5 aromatic rings. The fraction of sp³-hybridized carbons (Fsp3) is 0.0714. The van der Waals surface area contributed by atoms with E-state index in [1.807, 2.05) is 37.3 Å². The van der Waals surface area contributed by atoms with Gasteiger partial charge in [-0.3, -0.25) is 4.99 Å². The maximum atomic E-state index is 12.9. The third-order valence-corrected chi connectivity index (χ3v) is 5.48. The molecule has 1 N–H and O–H groups in total. The van der Waals surface area contributed by atoms with Gasteiger partial charge in [-0.2, -0.15) is 23.4 Å². The minimum atomic E-state index is -4.46. The maximum absolute atomic E-state index is 12.9. The van der Waals surface area contributed by atoms with Crippen molar-refractivity contribution < 1.29 is 22.7 Å². The first-order valence-corrected chi connectivity index (χ1v) is 11.2. The lowest BCUT2D eigenvalue weighted by molar-refractivity contribution is -0.137. The zero-order chi connectivity index (χ0) is 26.0. The van der Waals surface area contributed by atoms with Gasteiger partial charge in [0.1, 0.15) is 11.3 Å². The van der Waals surface area contributed by atoms with Crippen LogP contribution >= 0.6 is 0 Å². The first-order chi connectivity index (χ1) is 17.7. The second-order valence-electron chi connectivity index (χ2n) is 8.29. The molecule has 37 heavy (non-hydrogen) atoms. The van der Waals surface area contributed by atoms with Gasteiger partial charge in [0.15, 0.2) is 5.58 Å². The van der Waals surface area contributed by atoms with Crippen LogP contribution in [-0.2, 0) is 6.18 Å². The molecule has 0 radical (unpaired) electrons. The van der Waals surface area contributed by atoms with Gasteiger partial charge in [0, 0.05) is 17.3 Å². The van der Waals surface area contributed by atoms with E-state index in [0.29, 0.717) is 22.8 Å². The Labute approximate surface area is 209 Å². The summed E-state index contributed by atoms with van der Waals surface area (Å²) in [5.41, 5.74) is 3.99. The number of phenols is 1. The summed E-state index contributed by atoms with van der Waals surface area (Å²) in [6.45, 7) is 1.99. The molecule has 0 fully saturated rings. The monoisotopic (exact) mass is 500 g/mol. The minimum Gasteiger partial charge on any atom is -0.507 e. The summed E-state index contributed by atoms with van der Waals surface area (Å²) in [4.78, 5) is 8.90. The first-order valence-electron chi connectivity index (χ1n) is 11.2. The van der Waals surface area contributed by atoms with Crippen LogP contribution in [0.2, 0.25) is 0 Å². The molecule has 0 saturated carbocycles. The predicted octanol–water partition coefficient (Wildman–Crippen LogP) is 8.69. The third-order valence-electron chi connectivity index (χ3n) is 5.48. The Morgan fingerprint density at radius 2 is 1.57 bits per heavy atom. The number of phenolic OH excluding ortho intramolecular Hbond substituents is 1. The van der Waals surface area contributed by atoms with Crippen molar-refractivity contribution in [2.75, 3.05) is 0 Å². The number of hydrogen-bond acceptors (Lipinski definition) is 6. The number of rotatable bonds is 5. The molecule has 5 rings (SSSR count). The van der Waals surface area contributed by atoms with Crippen molar-refractivity contribution in [3.8, 4) is 17.2 Å². The Balaban J connectivity index is 1.32. The number of hydrogen-bond donors (Lipinski definition) is 1. The molecule has 0 bridgehead atoms. The summed E-state index contributed by atoms with van der Waals surface area (Å²) in [7, 11) is 0. The number of alkyl halides is 3. The van der Waals surface area contributed by atoms with Gasteiger partial charge in [-0.1, -0.05) is 12.1 Å². The largest absolute Gasteiger partial charge is 0.507 e. The summed E-state index contributed by atoms with van der Waals surface area (Å²) < 4.78 is 44.5. The Morgan fingerprint density at radius 3 is 2.32 bits per heavy atom. The second-order valence-corrected chi connectivity index (χ2v) is 8.29. The van der Waals surface area contributed by atoms with E-state index in [0.717, 1.165) is 34.4 Å². The van der Waals surface area contributed by atoms with Crippen LogP contribution in [0, 0.1) is 6.92 Å². The van der Waals surface area contributed by atoms with Crippen LogP contribution in [0.1, 0.15) is 16.7 Å². The number of aliphatic imine (C=N–C) groups is 1. The lowest BCUT2D eigenvalue weighted by Crippen LogP contribution is -2.03. The van der Waals surface area contributed by atoms with Crippen molar-refractivity contribution in [1.82, 2.24) is 4.98 Å². The molecule has 0 amide bonds. The summed E-state index contributed by atoms with van der Waals surface area (Å²) in [5, 5.41) is 18.1. The summed E-state index contributed by atoms with van der Waals surface area (Å²) in [5.74, 6) is 0.479. The average Bonchev–Trinajstić information content (AvgIpc) is 3.30. The van der Waals surface area contributed by atoms with E-state index in [1.54, 1.807) is 12.1 Å². The molecule has 0 spiro atoms. The molecular weight excluding hydrogens is 481 g/mol. The molecule has 184 valence electrons. The molecule has 0 aliphatic heterocycles. The Kier molecular flexibility index (Phi) is 6.27. The van der Waals surface area contributed by atoms with Gasteiger partial charge in [-0.05, 0) is 85.3 Å². The predicted molar refractivity (Wildman–Crippen MR) is 135 cm³/mol. The molecule has 0 atom stereocenters. The number of halogens is 3. The van der Waals surface area contributed by atoms with Gasteiger partial charge in [-0.15, -0.1) is 0 Å². The van der Waals surface area contributed by atoms with E-state index in [2.05, 4.69) is 20.2 Å². The smallest absolute Gasteiger partial charge is 0.416 e. The Hall–Kier alpha value is -4.79. The number of benzene rings is 4. The van der Waals surface area contributed by atoms with Gasteiger partial charge in [0.25, 0.3) is 0 Å². The maximum Gasteiger partial charge on any atom is 0.416 e. The third kappa shape index (κ3) is 5.56. The van der Waals surface area contributed by atoms with Gasteiger partial charge < -0.3 is 9.52 Å². The van der Waals surface area contributed by atoms with Crippen molar-refractivity contribution >= 4 is 34.4 Å². The van der Waals surface area contributed by atoms with Crippen LogP contribution in [0.15, 0.2) is 105 Å². The zero-order valence-corrected chi connectivity index (χ0v) is 19.4. The van der Waals surface area contributed by atoms with Crippen LogP contribution < -0.4 is 0 Å². The van der Waals surface area contributed by atoms with Crippen molar-refractivity contribution in [2.24, 2.45) is 15.2 Å². The highest BCUT2D eigenvalue weighted by Crippen LogP contribution is 2.32. The second kappa shape index (κ2) is 9.69. The fourth-order valence-electron chi connectivity index (χ4n) is 3.56. The first kappa shape index (κ1) is 23.9. The van der Waals surface area contributed by atoms with E-state index in [4.69, 9.17) is 4.42 Å². The summed E-state index contributed by atoms with van der Waals surface area (Å²) >= 11 is 0. The number of oxazole rings is 1. The molecule has 0 saturated heterocycles. The number of aromatic hydroxyl groups is 1. The number of nitrogens with zero attached hydrogens (tertiary/aromatic N) is 4. The molecule has 9 heteroatoms. The summed E-state index contributed by atoms with van der Waals surface area (Å²) in [6, 6.07) is 22.1. The highest BCUT2D eigenvalue weighted by atomic mass is 19.4. The van der Waals surface area contributed by atoms with Crippen LogP contribution in [-0.4, -0.2) is 16.3 Å². The Bertz CT molecular complexity index is 1640. The normalized spacial score (nSPS) is 12.2. The number of fused-ring (bicyclic) bond motifs is 1. The number of azo groups is 1. The fourth-order valence-corrected chi connectivity index (χ4v) is 3.56. The molecule has 0 unspecified atom stereocenters. The lowest BCUT2D eigenvalue weighted by atomic mass is 10.2. The van der Waals surface area contributed by atoms with Crippen molar-refractivity contribution in [1.29, 1.82) is 0 Å². The molecule has 6 nitrogen and oxygen atoms in total. The lowest BCUT2D eigenvalue weighted by Gasteiger charge is -2.06. The molecule has 0 aliphatic carbocycles. The van der Waals surface area contributed by atoms with Gasteiger partial charge in [0.2, 0.25) is 5.89 Å². The SMILES string of the molecule is Cc1ccc2nc(-c3ccc(N=Cc4cc(N=Nc5cccc(C(F)(F)F)c5)ccc4O)cc3)oc2c1. The Morgan fingerprint density at radius 1 is 0.838 bits per heavy atom. The highest BCUT2D eigenvalue weighted by molar-refractivity contribution is 5.86. The quantitative estimate of drug-likeness (QED) is 0.193. The minimum absolute atomic E-state index is 0.0276. The standard InChI is InChI=1S/C28H19F3N4O2/c1-17-5-11-24-26(13-17)37-27(33-24)18-6-8-21(9-7-18)32-16-19-14-23(10-12-25(19)36)35-34-22-4-2-3-20(15-22)28(29,30)31/h2-16,36H,1H3. The summed E-state index contributed by atoms with van der Waals surface area (Å²) in [6.07, 6.45) is -3.00. The van der Waals surface area contributed by atoms with Crippen molar-refractivity contribution in [3.05, 3.63) is 102 Å². The van der Waals surface area contributed by atoms with Crippen molar-refractivity contribution in [3.63, 3.8) is 0 Å². The van der Waals surface area contributed by atoms with Crippen LogP contribution in [0.4, 0.5) is 30.2 Å². The van der Waals surface area contributed by atoms with E-state index in [1.165, 1.54) is 36.5 Å². The van der Waals surface area contributed by atoms with Gasteiger partial charge in [0.05, 0.1) is 22.6 Å². The molecule has 1 aromatic heterocycles. The van der Waals surface area contributed by atoms with Crippen molar-refractivity contribution in [2.45, 2.75) is 13.1 Å². The molecule has 1 heterocycles. The average molecular weight is 500 g/mol. The van der Waals surface area contributed by atoms with E-state index in [9.17, 15) is 18.3 Å². The number of aromatic nitrogens is 1. The van der Waals surface area contributed by atoms with Crippen LogP contribution in [0.3, 0.4) is 0 Å². The van der Waals surface area contributed by atoms with Gasteiger partial charge in [-0.25, -0.2) is 4.98 Å². The van der Waals surface area contributed by atoms with E-state index >= 15 is 0 Å². The number of aryl methyl sites for hydroxylation is 1. The van der Waals surface area contributed by atoms with Crippen LogP contribution in [0.25, 0.3) is 22.6 Å². The molecular formula is C28H19F3N4O2. The zero-order valence-electron chi connectivity index (χ0n) is 19.4. The van der Waals surface area contributed by atoms with Crippen LogP contribution in [0.5, 0.6) is 5.75 Å². The topological polar surface area (TPSA) is 83.3 Å². The van der Waals surface area contributed by atoms with E-state index < -0.39 is 11.7 Å².